The van der Waals surface area contributed by atoms with Crippen molar-refractivity contribution in [1.29, 1.82) is 0 Å². The number of piperidine rings is 1. The van der Waals surface area contributed by atoms with E-state index in [4.69, 9.17) is 0 Å². The number of anilines is 1. The molecule has 2 saturated carbocycles. The second-order valence-electron chi connectivity index (χ2n) is 9.15. The number of Topliss-reactive ketones (excluding diaryl/α,β-unsaturated/α-hetero) is 1. The molecule has 1 aliphatic heterocycles. The van der Waals surface area contributed by atoms with Crippen molar-refractivity contribution in [3.8, 4) is 0 Å². The van der Waals surface area contributed by atoms with Crippen LogP contribution >= 0.6 is 11.8 Å². The van der Waals surface area contributed by atoms with Gasteiger partial charge in [0.2, 0.25) is 5.95 Å². The van der Waals surface area contributed by atoms with Crippen molar-refractivity contribution in [3.05, 3.63) is 23.0 Å². The molecule has 0 spiro atoms. The van der Waals surface area contributed by atoms with Crippen molar-refractivity contribution < 1.29 is 4.79 Å². The Morgan fingerprint density at radius 1 is 1.03 bits per heavy atom. The predicted molar refractivity (Wildman–Crippen MR) is 116 cm³/mol. The van der Waals surface area contributed by atoms with Crippen LogP contribution in [0.15, 0.2) is 11.2 Å². The summed E-state index contributed by atoms with van der Waals surface area (Å²) in [5, 5.41) is 9.95. The Morgan fingerprint density at radius 2 is 1.69 bits per heavy atom. The Kier molecular flexibility index (Phi) is 4.96. The number of hydrogen-bond donors (Lipinski definition) is 0. The monoisotopic (exact) mass is 413 g/mol. The minimum atomic E-state index is 0.202. The van der Waals surface area contributed by atoms with Crippen LogP contribution in [0.25, 0.3) is 0 Å². The van der Waals surface area contributed by atoms with E-state index < -0.39 is 0 Å². The fraction of sp³-hybridized carbons (Fsp3) is 0.682. The molecule has 0 N–H and O–H groups in total. The fourth-order valence-electron chi connectivity index (χ4n) is 4.61. The Hall–Kier alpha value is -1.76. The van der Waals surface area contributed by atoms with Crippen molar-refractivity contribution in [2.75, 3.05) is 23.7 Å². The number of rotatable bonds is 7. The van der Waals surface area contributed by atoms with Gasteiger partial charge in [-0.3, -0.25) is 9.36 Å². The number of hydrogen-bond acceptors (Lipinski definition) is 5. The molecular formula is C22H31N5OS. The largest absolute Gasteiger partial charge is 0.345 e. The lowest BCUT2D eigenvalue weighted by Gasteiger charge is -2.31. The minimum Gasteiger partial charge on any atom is -0.345 e. The van der Waals surface area contributed by atoms with Crippen LogP contribution in [0.4, 0.5) is 5.95 Å². The molecule has 3 fully saturated rings. The molecule has 2 aromatic rings. The van der Waals surface area contributed by atoms with Gasteiger partial charge in [0.05, 0.1) is 5.75 Å². The van der Waals surface area contributed by atoms with Gasteiger partial charge in [-0.2, -0.15) is 0 Å². The van der Waals surface area contributed by atoms with Gasteiger partial charge in [-0.25, -0.2) is 0 Å². The van der Waals surface area contributed by atoms with E-state index in [0.29, 0.717) is 17.8 Å². The Bertz CT molecular complexity index is 916. The minimum absolute atomic E-state index is 0.202. The number of aromatic nitrogens is 4. The summed E-state index contributed by atoms with van der Waals surface area (Å²) in [7, 11) is 0. The van der Waals surface area contributed by atoms with Crippen molar-refractivity contribution in [3.63, 3.8) is 0 Å². The van der Waals surface area contributed by atoms with Crippen molar-refractivity contribution in [1.82, 2.24) is 19.3 Å². The highest BCUT2D eigenvalue weighted by Crippen LogP contribution is 2.42. The van der Waals surface area contributed by atoms with Gasteiger partial charge in [-0.1, -0.05) is 18.7 Å². The Labute approximate surface area is 177 Å². The van der Waals surface area contributed by atoms with Gasteiger partial charge >= 0.3 is 0 Å². The van der Waals surface area contributed by atoms with Crippen LogP contribution < -0.4 is 4.90 Å². The molecule has 0 atom stereocenters. The molecular weight excluding hydrogens is 382 g/mol. The lowest BCUT2D eigenvalue weighted by atomic mass is 10.00. The van der Waals surface area contributed by atoms with Crippen molar-refractivity contribution in [2.24, 2.45) is 5.92 Å². The van der Waals surface area contributed by atoms with Crippen molar-refractivity contribution >= 4 is 23.5 Å². The highest BCUT2D eigenvalue weighted by molar-refractivity contribution is 7.99. The maximum absolute atomic E-state index is 13.0. The summed E-state index contributed by atoms with van der Waals surface area (Å²) in [4.78, 5) is 15.4. The number of thioether (sulfide) groups is 1. The number of ketones is 1. The highest BCUT2D eigenvalue weighted by Gasteiger charge is 2.33. The molecule has 0 bridgehead atoms. The smallest absolute Gasteiger partial charge is 0.228 e. The fourth-order valence-corrected chi connectivity index (χ4v) is 5.49. The first kappa shape index (κ1) is 19.2. The van der Waals surface area contributed by atoms with Crippen molar-refractivity contribution in [2.45, 2.75) is 76.5 Å². The first-order valence-electron chi connectivity index (χ1n) is 11.1. The molecule has 7 heteroatoms. The summed E-state index contributed by atoms with van der Waals surface area (Å²) >= 11 is 1.56. The van der Waals surface area contributed by atoms with Gasteiger partial charge in [0.15, 0.2) is 10.9 Å². The summed E-state index contributed by atoms with van der Waals surface area (Å²) in [6, 6.07) is 3.19. The van der Waals surface area contributed by atoms with Gasteiger partial charge in [0.1, 0.15) is 0 Å². The average Bonchev–Trinajstić information content (AvgIpc) is 3.64. The second kappa shape index (κ2) is 7.49. The van der Waals surface area contributed by atoms with E-state index in [1.807, 2.05) is 0 Å². The summed E-state index contributed by atoms with van der Waals surface area (Å²) in [5.41, 5.74) is 3.22. The lowest BCUT2D eigenvalue weighted by molar-refractivity contribution is 0.102. The number of carbonyl (C=O) groups excluding carboxylic acids is 1. The Morgan fingerprint density at radius 3 is 2.34 bits per heavy atom. The molecule has 2 aliphatic carbocycles. The van der Waals surface area contributed by atoms with E-state index >= 15 is 0 Å². The van der Waals surface area contributed by atoms with Crippen LogP contribution in [-0.4, -0.2) is 44.0 Å². The van der Waals surface area contributed by atoms with E-state index in [1.54, 1.807) is 11.8 Å². The van der Waals surface area contributed by atoms with Gasteiger partial charge in [0.25, 0.3) is 0 Å². The van der Waals surface area contributed by atoms with Gasteiger partial charge in [0, 0.05) is 42.1 Å². The van der Waals surface area contributed by atoms with E-state index in [9.17, 15) is 4.79 Å². The van der Waals surface area contributed by atoms with Crippen LogP contribution in [0.2, 0.25) is 0 Å². The standard InChI is InChI=1S/C22H31N5OS/c1-14-8-10-25(11-9-14)21-23-24-22(27(21)18-6-7-18)29-13-20(28)19-12-15(2)26(16(19)3)17-4-5-17/h12,14,17-18H,4-11,13H2,1-3H3. The van der Waals surface area contributed by atoms with Gasteiger partial charge in [-0.05, 0) is 64.4 Å². The molecule has 2 aromatic heterocycles. The van der Waals surface area contributed by atoms with Crippen LogP contribution in [0, 0.1) is 19.8 Å². The average molecular weight is 414 g/mol. The summed E-state index contributed by atoms with van der Waals surface area (Å²) in [5.74, 6) is 2.44. The third-order valence-electron chi connectivity index (χ3n) is 6.65. The quantitative estimate of drug-likeness (QED) is 0.491. The molecule has 1 saturated heterocycles. The molecule has 0 aromatic carbocycles. The molecule has 3 aliphatic rings. The third-order valence-corrected chi connectivity index (χ3v) is 7.60. The maximum atomic E-state index is 13.0. The summed E-state index contributed by atoms with van der Waals surface area (Å²) in [6.45, 7) is 8.65. The summed E-state index contributed by atoms with van der Waals surface area (Å²) in [6.07, 6.45) is 7.30. The Balaban J connectivity index is 1.31. The molecule has 0 unspecified atom stereocenters. The molecule has 156 valence electrons. The zero-order valence-electron chi connectivity index (χ0n) is 17.7. The van der Waals surface area contributed by atoms with Crippen LogP contribution in [0.1, 0.15) is 79.3 Å². The molecule has 3 heterocycles. The van der Waals surface area contributed by atoms with Gasteiger partial charge in [-0.15, -0.1) is 10.2 Å². The first-order chi connectivity index (χ1) is 14.0. The normalized spacial score (nSPS) is 20.4. The van der Waals surface area contributed by atoms with Gasteiger partial charge < -0.3 is 9.47 Å². The number of carbonyl (C=O) groups is 1. The molecule has 5 rings (SSSR count). The molecule has 6 nitrogen and oxygen atoms in total. The SMILES string of the molecule is Cc1cc(C(=O)CSc2nnc(N3CCC(C)CC3)n2C2CC2)c(C)n1C1CC1. The highest BCUT2D eigenvalue weighted by atomic mass is 32.2. The second-order valence-corrected chi connectivity index (χ2v) is 10.1. The number of aryl methyl sites for hydroxylation is 1. The zero-order chi connectivity index (χ0) is 20.1. The predicted octanol–water partition coefficient (Wildman–Crippen LogP) is 4.58. The lowest BCUT2D eigenvalue weighted by Crippen LogP contribution is -2.34. The van der Waals surface area contributed by atoms with Crippen LogP contribution in [-0.2, 0) is 0 Å². The van der Waals surface area contributed by atoms with E-state index in [1.165, 1.54) is 44.2 Å². The number of nitrogens with zero attached hydrogens (tertiary/aromatic N) is 5. The molecule has 29 heavy (non-hydrogen) atoms. The van der Waals surface area contributed by atoms with E-state index in [2.05, 4.69) is 51.1 Å². The topological polar surface area (TPSA) is 56.0 Å². The first-order valence-corrected chi connectivity index (χ1v) is 12.1. The maximum Gasteiger partial charge on any atom is 0.228 e. The third kappa shape index (κ3) is 3.74. The zero-order valence-corrected chi connectivity index (χ0v) is 18.5. The summed E-state index contributed by atoms with van der Waals surface area (Å²) < 4.78 is 4.65. The molecule has 0 radical (unpaired) electrons. The van der Waals surface area contributed by atoms with Crippen LogP contribution in [0.5, 0.6) is 0 Å². The van der Waals surface area contributed by atoms with Crippen LogP contribution in [0.3, 0.4) is 0 Å². The van der Waals surface area contributed by atoms with E-state index in [-0.39, 0.29) is 5.78 Å². The van der Waals surface area contributed by atoms with E-state index in [0.717, 1.165) is 41.4 Å². The molecule has 0 amide bonds.